The van der Waals surface area contributed by atoms with Gasteiger partial charge in [-0.2, -0.15) is 0 Å². The Kier molecular flexibility index (Phi) is 6.72. The average molecular weight is 310 g/mol. The van der Waals surface area contributed by atoms with Crippen LogP contribution in [0.25, 0.3) is 6.08 Å². The van der Waals surface area contributed by atoms with Crippen LogP contribution < -0.4 is 5.32 Å². The van der Waals surface area contributed by atoms with E-state index >= 15 is 0 Å². The molecular weight excluding hydrogens is 285 g/mol. The molecule has 0 spiro atoms. The molecule has 1 nitrogen and oxygen atoms in total. The van der Waals surface area contributed by atoms with Gasteiger partial charge in [0.2, 0.25) is 0 Å². The number of nitrogens with one attached hydrogen (secondary N) is 1. The van der Waals surface area contributed by atoms with Crippen molar-refractivity contribution in [1.82, 2.24) is 5.32 Å². The van der Waals surface area contributed by atoms with E-state index in [4.69, 9.17) is 11.6 Å². The van der Waals surface area contributed by atoms with Gasteiger partial charge in [-0.15, -0.1) is 0 Å². The summed E-state index contributed by atoms with van der Waals surface area (Å²) in [7, 11) is 0. The lowest BCUT2D eigenvalue weighted by molar-refractivity contribution is 0.396. The first-order valence-corrected chi connectivity index (χ1v) is 8.44. The van der Waals surface area contributed by atoms with Gasteiger partial charge in [0.15, 0.2) is 0 Å². The van der Waals surface area contributed by atoms with Crippen molar-refractivity contribution >= 4 is 17.7 Å². The molecule has 1 aliphatic carbocycles. The van der Waals surface area contributed by atoms with Crippen molar-refractivity contribution in [3.8, 4) is 0 Å². The molecule has 0 radical (unpaired) electrons. The van der Waals surface area contributed by atoms with Gasteiger partial charge >= 0.3 is 0 Å². The van der Waals surface area contributed by atoms with Crippen LogP contribution in [0.1, 0.15) is 51.0 Å². The molecule has 1 aromatic rings. The molecule has 2 rings (SSSR count). The maximum Gasteiger partial charge on any atom is 0.142 e. The fourth-order valence-corrected chi connectivity index (χ4v) is 3.13. The minimum absolute atomic E-state index is 0.190. The standard InChI is InChI=1S/C18H25ClFN/c1-2-10-21-13-16(15-6-4-3-5-7-15)11-14-8-9-17(19)18(20)12-14/h8-9,11-12,15,21H,2-7,10,13H2,1H3/b16-11-. The lowest BCUT2D eigenvalue weighted by Gasteiger charge is -2.25. The number of benzene rings is 1. The predicted molar refractivity (Wildman–Crippen MR) is 89.1 cm³/mol. The zero-order valence-electron chi connectivity index (χ0n) is 12.8. The van der Waals surface area contributed by atoms with Crippen molar-refractivity contribution in [2.24, 2.45) is 5.92 Å². The summed E-state index contributed by atoms with van der Waals surface area (Å²) in [5.74, 6) is 0.303. The third-order valence-corrected chi connectivity index (χ3v) is 4.49. The van der Waals surface area contributed by atoms with Crippen LogP contribution in [0.3, 0.4) is 0 Å². The zero-order valence-corrected chi connectivity index (χ0v) is 13.6. The maximum absolute atomic E-state index is 13.6. The van der Waals surface area contributed by atoms with E-state index in [-0.39, 0.29) is 10.8 Å². The van der Waals surface area contributed by atoms with Crippen LogP contribution in [-0.4, -0.2) is 13.1 Å². The fraction of sp³-hybridized carbons (Fsp3) is 0.556. The first kappa shape index (κ1) is 16.5. The minimum Gasteiger partial charge on any atom is -0.313 e. The van der Waals surface area contributed by atoms with Gasteiger partial charge in [-0.1, -0.05) is 55.5 Å². The number of hydrogen-bond acceptors (Lipinski definition) is 1. The van der Waals surface area contributed by atoms with E-state index in [1.54, 1.807) is 6.07 Å². The molecule has 0 unspecified atom stereocenters. The molecule has 1 N–H and O–H groups in total. The molecule has 1 aliphatic rings. The maximum atomic E-state index is 13.6. The van der Waals surface area contributed by atoms with Gasteiger partial charge in [-0.05, 0) is 49.4 Å². The number of halogens is 2. The van der Waals surface area contributed by atoms with Gasteiger partial charge in [0.25, 0.3) is 0 Å². The Morgan fingerprint density at radius 2 is 2.10 bits per heavy atom. The quantitative estimate of drug-likeness (QED) is 0.690. The number of rotatable bonds is 6. The highest BCUT2D eigenvalue weighted by Gasteiger charge is 2.17. The largest absolute Gasteiger partial charge is 0.313 e. The second-order valence-corrected chi connectivity index (χ2v) is 6.31. The highest BCUT2D eigenvalue weighted by molar-refractivity contribution is 6.30. The van der Waals surface area contributed by atoms with E-state index in [2.05, 4.69) is 18.3 Å². The summed E-state index contributed by atoms with van der Waals surface area (Å²) < 4.78 is 13.6. The molecule has 0 atom stereocenters. The topological polar surface area (TPSA) is 12.0 Å². The van der Waals surface area contributed by atoms with Gasteiger partial charge in [0.05, 0.1) is 5.02 Å². The van der Waals surface area contributed by atoms with Crippen LogP contribution in [-0.2, 0) is 0 Å². The lowest BCUT2D eigenvalue weighted by atomic mass is 9.83. The van der Waals surface area contributed by atoms with E-state index < -0.39 is 0 Å². The summed E-state index contributed by atoms with van der Waals surface area (Å²) in [6.07, 6.45) is 9.77. The van der Waals surface area contributed by atoms with E-state index in [1.165, 1.54) is 43.7 Å². The highest BCUT2D eigenvalue weighted by atomic mass is 35.5. The monoisotopic (exact) mass is 309 g/mol. The van der Waals surface area contributed by atoms with Crippen LogP contribution in [0.2, 0.25) is 5.02 Å². The van der Waals surface area contributed by atoms with E-state index in [9.17, 15) is 4.39 Å². The van der Waals surface area contributed by atoms with Gasteiger partial charge in [0.1, 0.15) is 5.82 Å². The Labute approximate surface area is 132 Å². The lowest BCUT2D eigenvalue weighted by Crippen LogP contribution is -2.23. The molecule has 0 amide bonds. The van der Waals surface area contributed by atoms with Gasteiger partial charge in [-0.25, -0.2) is 4.39 Å². The van der Waals surface area contributed by atoms with Gasteiger partial charge in [0, 0.05) is 6.54 Å². The molecule has 0 heterocycles. The molecule has 1 aromatic carbocycles. The first-order valence-electron chi connectivity index (χ1n) is 8.07. The normalized spacial score (nSPS) is 17.2. The molecule has 0 aromatic heterocycles. The Morgan fingerprint density at radius 3 is 2.76 bits per heavy atom. The van der Waals surface area contributed by atoms with Gasteiger partial charge in [-0.3, -0.25) is 0 Å². The average Bonchev–Trinajstić information content (AvgIpc) is 2.51. The summed E-state index contributed by atoms with van der Waals surface area (Å²) in [6.45, 7) is 4.10. The Balaban J connectivity index is 2.15. The molecule has 21 heavy (non-hydrogen) atoms. The van der Waals surface area contributed by atoms with E-state index in [0.717, 1.165) is 25.1 Å². The molecular formula is C18H25ClFN. The minimum atomic E-state index is -0.338. The smallest absolute Gasteiger partial charge is 0.142 e. The van der Waals surface area contributed by atoms with Crippen molar-refractivity contribution in [3.05, 3.63) is 40.2 Å². The van der Waals surface area contributed by atoms with Crippen molar-refractivity contribution in [3.63, 3.8) is 0 Å². The van der Waals surface area contributed by atoms with Crippen LogP contribution in [0, 0.1) is 11.7 Å². The zero-order chi connectivity index (χ0) is 15.1. The second-order valence-electron chi connectivity index (χ2n) is 5.90. The molecule has 0 saturated heterocycles. The molecule has 1 saturated carbocycles. The summed E-state index contributed by atoms with van der Waals surface area (Å²) in [5, 5.41) is 3.68. The van der Waals surface area contributed by atoms with Crippen molar-refractivity contribution < 1.29 is 4.39 Å². The first-order chi connectivity index (χ1) is 10.2. The van der Waals surface area contributed by atoms with Crippen LogP contribution >= 0.6 is 11.6 Å². The van der Waals surface area contributed by atoms with Crippen LogP contribution in [0.4, 0.5) is 4.39 Å². The molecule has 1 fully saturated rings. The molecule has 0 bridgehead atoms. The van der Waals surface area contributed by atoms with Crippen LogP contribution in [0.15, 0.2) is 23.8 Å². The Bertz CT molecular complexity index is 478. The third-order valence-electron chi connectivity index (χ3n) is 4.18. The van der Waals surface area contributed by atoms with Gasteiger partial charge < -0.3 is 5.32 Å². The predicted octanol–water partition coefficient (Wildman–Crippen LogP) is 5.44. The molecule has 116 valence electrons. The molecule has 0 aliphatic heterocycles. The van der Waals surface area contributed by atoms with E-state index in [1.807, 2.05) is 6.07 Å². The summed E-state index contributed by atoms with van der Waals surface area (Å²) in [6, 6.07) is 5.07. The SMILES string of the molecule is CCCNC/C(=C/c1ccc(Cl)c(F)c1)C1CCCCC1. The highest BCUT2D eigenvalue weighted by Crippen LogP contribution is 2.31. The number of hydrogen-bond donors (Lipinski definition) is 1. The third kappa shape index (κ3) is 5.12. The van der Waals surface area contributed by atoms with Crippen molar-refractivity contribution in [1.29, 1.82) is 0 Å². The Morgan fingerprint density at radius 1 is 1.33 bits per heavy atom. The van der Waals surface area contributed by atoms with Crippen LogP contribution in [0.5, 0.6) is 0 Å². The second kappa shape index (κ2) is 8.55. The Hall–Kier alpha value is -0.860. The molecule has 3 heteroatoms. The van der Waals surface area contributed by atoms with E-state index in [0.29, 0.717) is 5.92 Å². The summed E-state index contributed by atoms with van der Waals surface area (Å²) in [4.78, 5) is 0. The fourth-order valence-electron chi connectivity index (χ4n) is 3.01. The summed E-state index contributed by atoms with van der Waals surface area (Å²) >= 11 is 5.76. The van der Waals surface area contributed by atoms with Crippen molar-refractivity contribution in [2.45, 2.75) is 45.4 Å². The van der Waals surface area contributed by atoms with Crippen molar-refractivity contribution in [2.75, 3.05) is 13.1 Å². The summed E-state index contributed by atoms with van der Waals surface area (Å²) in [5.41, 5.74) is 2.32.